The van der Waals surface area contributed by atoms with Crippen LogP contribution in [0, 0.1) is 6.92 Å². The second-order valence-electron chi connectivity index (χ2n) is 7.51. The Morgan fingerprint density at radius 2 is 1.90 bits per heavy atom. The summed E-state index contributed by atoms with van der Waals surface area (Å²) in [5.41, 5.74) is 2.72. The van der Waals surface area contributed by atoms with Crippen molar-refractivity contribution < 1.29 is 14.3 Å². The molecule has 2 heterocycles. The Morgan fingerprint density at radius 3 is 2.65 bits per heavy atom. The average molecular weight is 438 g/mol. The summed E-state index contributed by atoms with van der Waals surface area (Å²) in [4.78, 5) is 21.8. The number of hydrogen-bond donors (Lipinski definition) is 0. The Bertz CT molecular complexity index is 1020. The van der Waals surface area contributed by atoms with Gasteiger partial charge in [0.1, 0.15) is 18.1 Å². The van der Waals surface area contributed by atoms with Gasteiger partial charge in [-0.15, -0.1) is 11.3 Å². The smallest absolute Gasteiger partial charge is 0.254 e. The van der Waals surface area contributed by atoms with Gasteiger partial charge < -0.3 is 19.3 Å². The van der Waals surface area contributed by atoms with E-state index in [1.165, 1.54) is 0 Å². The maximum absolute atomic E-state index is 13.1. The highest BCUT2D eigenvalue weighted by Crippen LogP contribution is 2.22. The first-order valence-corrected chi connectivity index (χ1v) is 11.3. The lowest BCUT2D eigenvalue weighted by Gasteiger charge is -2.24. The summed E-state index contributed by atoms with van der Waals surface area (Å²) >= 11 is 1.61. The largest absolute Gasteiger partial charge is 0.497 e. The van der Waals surface area contributed by atoms with Crippen molar-refractivity contribution in [1.82, 2.24) is 9.88 Å². The number of aromatic nitrogens is 1. The van der Waals surface area contributed by atoms with E-state index in [-0.39, 0.29) is 5.91 Å². The van der Waals surface area contributed by atoms with Crippen molar-refractivity contribution in [2.24, 2.45) is 0 Å². The molecule has 0 atom stereocenters. The molecule has 1 amide bonds. The van der Waals surface area contributed by atoms with Crippen molar-refractivity contribution in [1.29, 1.82) is 0 Å². The van der Waals surface area contributed by atoms with Gasteiger partial charge in [-0.05, 0) is 55.8 Å². The molecule has 6 nitrogen and oxygen atoms in total. The highest BCUT2D eigenvalue weighted by Gasteiger charge is 2.21. The molecule has 0 aliphatic carbocycles. The standard InChI is InChI=1S/C24H27N3O3S/c1-18-25-20(17-31-18)16-30-23-6-3-5-19(15-23)24(28)27-12-4-11-26(13-14-27)21-7-9-22(29-2)10-8-21/h3,5-10,15,17H,4,11-14,16H2,1-2H3. The van der Waals surface area contributed by atoms with E-state index in [2.05, 4.69) is 22.0 Å². The number of thiazole rings is 1. The minimum atomic E-state index is 0.0477. The van der Waals surface area contributed by atoms with E-state index in [1.807, 2.05) is 53.6 Å². The first-order chi connectivity index (χ1) is 15.1. The van der Waals surface area contributed by atoms with Crippen molar-refractivity contribution in [2.75, 3.05) is 38.2 Å². The highest BCUT2D eigenvalue weighted by molar-refractivity contribution is 7.09. The maximum Gasteiger partial charge on any atom is 0.254 e. The highest BCUT2D eigenvalue weighted by atomic mass is 32.1. The van der Waals surface area contributed by atoms with Gasteiger partial charge in [-0.1, -0.05) is 6.07 Å². The van der Waals surface area contributed by atoms with Crippen LogP contribution in [0.2, 0.25) is 0 Å². The number of carbonyl (C=O) groups excluding carboxylic acids is 1. The minimum Gasteiger partial charge on any atom is -0.497 e. The number of hydrogen-bond acceptors (Lipinski definition) is 6. The number of methoxy groups -OCH3 is 1. The van der Waals surface area contributed by atoms with Crippen molar-refractivity contribution in [3.63, 3.8) is 0 Å². The minimum absolute atomic E-state index is 0.0477. The molecule has 0 saturated carbocycles. The third kappa shape index (κ3) is 5.35. The molecule has 0 bridgehead atoms. The number of rotatable bonds is 6. The monoisotopic (exact) mass is 437 g/mol. The third-order valence-corrected chi connectivity index (χ3v) is 6.18. The van der Waals surface area contributed by atoms with E-state index in [4.69, 9.17) is 9.47 Å². The summed E-state index contributed by atoms with van der Waals surface area (Å²) in [5.74, 6) is 1.58. The Morgan fingerprint density at radius 1 is 1.06 bits per heavy atom. The van der Waals surface area contributed by atoms with Crippen molar-refractivity contribution in [3.05, 3.63) is 70.2 Å². The predicted octanol–water partition coefficient (Wildman–Crippen LogP) is 4.39. The van der Waals surface area contributed by atoms with Crippen LogP contribution >= 0.6 is 11.3 Å². The molecule has 0 unspecified atom stereocenters. The Balaban J connectivity index is 1.37. The molecular weight excluding hydrogens is 410 g/mol. The summed E-state index contributed by atoms with van der Waals surface area (Å²) in [6.45, 7) is 5.54. The van der Waals surface area contributed by atoms with Gasteiger partial charge in [0.25, 0.3) is 5.91 Å². The lowest BCUT2D eigenvalue weighted by atomic mass is 10.2. The molecule has 162 valence electrons. The molecule has 0 spiro atoms. The van der Waals surface area contributed by atoms with E-state index in [0.717, 1.165) is 48.2 Å². The molecule has 1 saturated heterocycles. The molecular formula is C24H27N3O3S. The van der Waals surface area contributed by atoms with Crippen molar-refractivity contribution >= 4 is 22.9 Å². The van der Waals surface area contributed by atoms with Gasteiger partial charge in [-0.2, -0.15) is 0 Å². The summed E-state index contributed by atoms with van der Waals surface area (Å²) in [7, 11) is 1.67. The van der Waals surface area contributed by atoms with Crippen LogP contribution in [0.1, 0.15) is 27.5 Å². The fourth-order valence-corrected chi connectivity index (χ4v) is 4.30. The number of aryl methyl sites for hydroxylation is 1. The van der Waals surface area contributed by atoms with Crippen LogP contribution in [-0.4, -0.2) is 49.1 Å². The zero-order chi connectivity index (χ0) is 21.6. The lowest BCUT2D eigenvalue weighted by Crippen LogP contribution is -2.35. The topological polar surface area (TPSA) is 54.9 Å². The molecule has 4 rings (SSSR count). The Labute approximate surface area is 187 Å². The molecule has 0 N–H and O–H groups in total. The summed E-state index contributed by atoms with van der Waals surface area (Å²) in [6.07, 6.45) is 0.928. The molecule has 0 radical (unpaired) electrons. The number of amides is 1. The Kier molecular flexibility index (Phi) is 6.72. The first kappa shape index (κ1) is 21.2. The van der Waals surface area contributed by atoms with Crippen LogP contribution in [0.4, 0.5) is 5.69 Å². The van der Waals surface area contributed by atoms with Crippen LogP contribution in [0.5, 0.6) is 11.5 Å². The Hall–Kier alpha value is -3.06. The van der Waals surface area contributed by atoms with E-state index < -0.39 is 0 Å². The second kappa shape index (κ2) is 9.83. The number of ether oxygens (including phenoxy) is 2. The normalized spacial score (nSPS) is 14.3. The van der Waals surface area contributed by atoms with Gasteiger partial charge in [0.2, 0.25) is 0 Å². The van der Waals surface area contributed by atoms with Crippen molar-refractivity contribution in [3.8, 4) is 11.5 Å². The summed E-state index contributed by atoms with van der Waals surface area (Å²) in [5, 5.41) is 3.02. The molecule has 31 heavy (non-hydrogen) atoms. The number of benzene rings is 2. The van der Waals surface area contributed by atoms with Crippen LogP contribution in [0.3, 0.4) is 0 Å². The van der Waals surface area contributed by atoms with Crippen LogP contribution in [-0.2, 0) is 6.61 Å². The van der Waals surface area contributed by atoms with Crippen molar-refractivity contribution in [2.45, 2.75) is 20.0 Å². The van der Waals surface area contributed by atoms with Crippen LogP contribution in [0.15, 0.2) is 53.9 Å². The maximum atomic E-state index is 13.1. The first-order valence-electron chi connectivity index (χ1n) is 10.4. The lowest BCUT2D eigenvalue weighted by molar-refractivity contribution is 0.0766. The van der Waals surface area contributed by atoms with Crippen LogP contribution in [0.25, 0.3) is 0 Å². The molecule has 1 aliphatic heterocycles. The van der Waals surface area contributed by atoms with E-state index in [0.29, 0.717) is 24.5 Å². The van der Waals surface area contributed by atoms with Gasteiger partial charge in [0.05, 0.1) is 17.8 Å². The summed E-state index contributed by atoms with van der Waals surface area (Å²) in [6, 6.07) is 15.5. The zero-order valence-corrected chi connectivity index (χ0v) is 18.7. The fraction of sp³-hybridized carbons (Fsp3) is 0.333. The van der Waals surface area contributed by atoms with Gasteiger partial charge in [-0.3, -0.25) is 4.79 Å². The zero-order valence-electron chi connectivity index (χ0n) is 17.9. The summed E-state index contributed by atoms with van der Waals surface area (Å²) < 4.78 is 11.1. The predicted molar refractivity (Wildman–Crippen MR) is 123 cm³/mol. The third-order valence-electron chi connectivity index (χ3n) is 5.35. The second-order valence-corrected chi connectivity index (χ2v) is 8.57. The van der Waals surface area contributed by atoms with Gasteiger partial charge >= 0.3 is 0 Å². The van der Waals surface area contributed by atoms with E-state index in [9.17, 15) is 4.79 Å². The quantitative estimate of drug-likeness (QED) is 0.572. The number of carbonyl (C=O) groups is 1. The fourth-order valence-electron chi connectivity index (χ4n) is 3.71. The number of nitrogens with zero attached hydrogens (tertiary/aromatic N) is 3. The SMILES string of the molecule is COc1ccc(N2CCCN(C(=O)c3cccc(OCc4csc(C)n4)c3)CC2)cc1. The molecule has 2 aromatic carbocycles. The van der Waals surface area contributed by atoms with Crippen LogP contribution < -0.4 is 14.4 Å². The average Bonchev–Trinajstić information content (AvgIpc) is 3.07. The number of anilines is 1. The van der Waals surface area contributed by atoms with Gasteiger partial charge in [-0.25, -0.2) is 4.98 Å². The van der Waals surface area contributed by atoms with Gasteiger partial charge in [0, 0.05) is 42.8 Å². The molecule has 3 aromatic rings. The van der Waals surface area contributed by atoms with E-state index >= 15 is 0 Å². The van der Waals surface area contributed by atoms with Gasteiger partial charge in [0.15, 0.2) is 0 Å². The van der Waals surface area contributed by atoms with E-state index in [1.54, 1.807) is 18.4 Å². The molecule has 1 aromatic heterocycles. The molecule has 1 aliphatic rings. The molecule has 1 fully saturated rings. The molecule has 7 heteroatoms.